The topological polar surface area (TPSA) is 75.6 Å². The molecule has 1 unspecified atom stereocenters. The van der Waals surface area contributed by atoms with Crippen LogP contribution < -0.4 is 9.46 Å². The van der Waals surface area contributed by atoms with Crippen molar-refractivity contribution in [1.29, 1.82) is 0 Å². The summed E-state index contributed by atoms with van der Waals surface area (Å²) in [6.45, 7) is 3.55. The Kier molecular flexibility index (Phi) is 5.41. The molecule has 5 nitrogen and oxygen atoms in total. The quantitative estimate of drug-likeness (QED) is 0.849. The zero-order valence-electron chi connectivity index (χ0n) is 13.4. The minimum atomic E-state index is -3.67. The molecule has 6 heteroatoms. The monoisotopic (exact) mass is 335 g/mol. The summed E-state index contributed by atoms with van der Waals surface area (Å²) in [4.78, 5) is 0.223. The maximum Gasteiger partial charge on any atom is 0.240 e. The summed E-state index contributed by atoms with van der Waals surface area (Å²) < 4.78 is 32.3. The van der Waals surface area contributed by atoms with Crippen molar-refractivity contribution in [2.75, 3.05) is 13.7 Å². The number of aryl methyl sites for hydroxylation is 2. The van der Waals surface area contributed by atoms with Crippen LogP contribution in [0.5, 0.6) is 5.75 Å². The summed E-state index contributed by atoms with van der Waals surface area (Å²) in [5.41, 5.74) is 2.26. The van der Waals surface area contributed by atoms with Gasteiger partial charge in [0.25, 0.3) is 0 Å². The van der Waals surface area contributed by atoms with E-state index >= 15 is 0 Å². The molecular weight excluding hydrogens is 314 g/mol. The van der Waals surface area contributed by atoms with Gasteiger partial charge in [0, 0.05) is 6.54 Å². The fourth-order valence-corrected chi connectivity index (χ4v) is 3.60. The fraction of sp³-hybridized carbons (Fsp3) is 0.294. The third kappa shape index (κ3) is 4.31. The van der Waals surface area contributed by atoms with Gasteiger partial charge in [-0.05, 0) is 43.2 Å². The first-order valence-electron chi connectivity index (χ1n) is 7.22. The van der Waals surface area contributed by atoms with E-state index in [1.165, 1.54) is 7.11 Å². The maximum atomic E-state index is 12.4. The van der Waals surface area contributed by atoms with Crippen molar-refractivity contribution in [1.82, 2.24) is 4.72 Å². The molecule has 2 rings (SSSR count). The Morgan fingerprint density at radius 1 is 1.17 bits per heavy atom. The van der Waals surface area contributed by atoms with Gasteiger partial charge in [-0.1, -0.05) is 29.8 Å². The third-order valence-corrected chi connectivity index (χ3v) is 5.15. The highest BCUT2D eigenvalue weighted by molar-refractivity contribution is 7.89. The van der Waals surface area contributed by atoms with E-state index in [9.17, 15) is 13.5 Å². The third-order valence-electron chi connectivity index (χ3n) is 3.57. The SMILES string of the molecule is COc1cccc(C(O)CNS(=O)(=O)c2ccc(C)cc2C)c1. The van der Waals surface area contributed by atoms with Crippen LogP contribution in [-0.2, 0) is 10.0 Å². The molecule has 23 heavy (non-hydrogen) atoms. The van der Waals surface area contributed by atoms with E-state index in [2.05, 4.69) is 4.72 Å². The molecule has 0 aromatic heterocycles. The zero-order valence-corrected chi connectivity index (χ0v) is 14.2. The van der Waals surface area contributed by atoms with Gasteiger partial charge in [-0.2, -0.15) is 0 Å². The van der Waals surface area contributed by atoms with E-state index in [4.69, 9.17) is 4.74 Å². The lowest BCUT2D eigenvalue weighted by Gasteiger charge is -2.14. The lowest BCUT2D eigenvalue weighted by atomic mass is 10.1. The Hall–Kier alpha value is -1.89. The summed E-state index contributed by atoms with van der Waals surface area (Å²) in [6.07, 6.45) is -0.953. The lowest BCUT2D eigenvalue weighted by Crippen LogP contribution is -2.29. The van der Waals surface area contributed by atoms with Crippen molar-refractivity contribution in [3.8, 4) is 5.75 Å². The van der Waals surface area contributed by atoms with Crippen molar-refractivity contribution in [2.24, 2.45) is 0 Å². The first-order valence-corrected chi connectivity index (χ1v) is 8.71. The second-order valence-electron chi connectivity index (χ2n) is 5.41. The number of nitrogens with one attached hydrogen (secondary N) is 1. The van der Waals surface area contributed by atoms with Gasteiger partial charge in [0.2, 0.25) is 10.0 Å². The molecule has 0 bridgehead atoms. The number of rotatable bonds is 6. The first-order chi connectivity index (χ1) is 10.8. The molecule has 0 fully saturated rings. The van der Waals surface area contributed by atoms with Crippen LogP contribution in [0.25, 0.3) is 0 Å². The van der Waals surface area contributed by atoms with Crippen LogP contribution in [0.2, 0.25) is 0 Å². The molecule has 0 heterocycles. The molecule has 124 valence electrons. The van der Waals surface area contributed by atoms with E-state index in [1.54, 1.807) is 43.3 Å². The van der Waals surface area contributed by atoms with Crippen molar-refractivity contribution in [3.05, 3.63) is 59.2 Å². The van der Waals surface area contributed by atoms with Crippen LogP contribution in [0.3, 0.4) is 0 Å². The van der Waals surface area contributed by atoms with Crippen molar-refractivity contribution < 1.29 is 18.3 Å². The van der Waals surface area contributed by atoms with Crippen molar-refractivity contribution >= 4 is 10.0 Å². The second-order valence-corrected chi connectivity index (χ2v) is 7.15. The largest absolute Gasteiger partial charge is 0.497 e. The zero-order chi connectivity index (χ0) is 17.0. The molecule has 2 aromatic carbocycles. The van der Waals surface area contributed by atoms with Crippen LogP contribution in [0.1, 0.15) is 22.8 Å². The number of methoxy groups -OCH3 is 1. The number of ether oxygens (including phenoxy) is 1. The number of hydrogen-bond donors (Lipinski definition) is 2. The lowest BCUT2D eigenvalue weighted by molar-refractivity contribution is 0.181. The van der Waals surface area contributed by atoms with Gasteiger partial charge in [0.1, 0.15) is 5.75 Å². The Bertz CT molecular complexity index is 787. The minimum absolute atomic E-state index is 0.108. The predicted molar refractivity (Wildman–Crippen MR) is 89.1 cm³/mol. The fourth-order valence-electron chi connectivity index (χ4n) is 2.33. The summed E-state index contributed by atoms with van der Waals surface area (Å²) in [6, 6.07) is 12.0. The predicted octanol–water partition coefficient (Wildman–Crippen LogP) is 2.32. The van der Waals surface area contributed by atoms with Gasteiger partial charge in [0.15, 0.2) is 0 Å². The summed E-state index contributed by atoms with van der Waals surface area (Å²) in [5.74, 6) is 0.610. The average Bonchev–Trinajstić information content (AvgIpc) is 2.52. The van der Waals surface area contributed by atoms with E-state index in [0.717, 1.165) is 5.56 Å². The summed E-state index contributed by atoms with van der Waals surface area (Å²) in [7, 11) is -2.13. The van der Waals surface area contributed by atoms with Crippen LogP contribution in [0.15, 0.2) is 47.4 Å². The van der Waals surface area contributed by atoms with E-state index in [1.807, 2.05) is 13.0 Å². The Morgan fingerprint density at radius 3 is 2.57 bits per heavy atom. The Labute approximate surface area is 137 Å². The van der Waals surface area contributed by atoms with Gasteiger partial charge in [-0.3, -0.25) is 0 Å². The van der Waals surface area contributed by atoms with E-state index in [-0.39, 0.29) is 11.4 Å². The second kappa shape index (κ2) is 7.12. The molecule has 1 atom stereocenters. The minimum Gasteiger partial charge on any atom is -0.497 e. The van der Waals surface area contributed by atoms with Crippen molar-refractivity contribution in [3.63, 3.8) is 0 Å². The smallest absolute Gasteiger partial charge is 0.240 e. The number of sulfonamides is 1. The molecule has 0 radical (unpaired) electrons. The summed E-state index contributed by atoms with van der Waals surface area (Å²) in [5, 5.41) is 10.2. The molecule has 2 N–H and O–H groups in total. The molecule has 2 aromatic rings. The highest BCUT2D eigenvalue weighted by Gasteiger charge is 2.19. The standard InChI is InChI=1S/C17H21NO4S/c1-12-7-8-17(13(2)9-12)23(20,21)18-11-16(19)14-5-4-6-15(10-14)22-3/h4-10,16,18-19H,11H2,1-3H3. The van der Waals surface area contributed by atoms with Crippen LogP contribution >= 0.6 is 0 Å². The van der Waals surface area contributed by atoms with Gasteiger partial charge in [-0.15, -0.1) is 0 Å². The Morgan fingerprint density at radius 2 is 1.91 bits per heavy atom. The number of aliphatic hydroxyl groups is 1. The van der Waals surface area contributed by atoms with Gasteiger partial charge in [0.05, 0.1) is 18.1 Å². The molecular formula is C17H21NO4S. The average molecular weight is 335 g/mol. The van der Waals surface area contributed by atoms with E-state index < -0.39 is 16.1 Å². The molecule has 0 saturated carbocycles. The molecule has 0 spiro atoms. The van der Waals surface area contributed by atoms with E-state index in [0.29, 0.717) is 16.9 Å². The molecule has 0 saturated heterocycles. The van der Waals surface area contributed by atoms with Gasteiger partial charge < -0.3 is 9.84 Å². The highest BCUT2D eigenvalue weighted by atomic mass is 32.2. The first kappa shape index (κ1) is 17.5. The van der Waals surface area contributed by atoms with Gasteiger partial charge >= 0.3 is 0 Å². The van der Waals surface area contributed by atoms with Crippen LogP contribution in [-0.4, -0.2) is 27.2 Å². The molecule has 0 aliphatic rings. The molecule has 0 amide bonds. The summed E-state index contributed by atoms with van der Waals surface area (Å²) >= 11 is 0. The Balaban J connectivity index is 2.12. The van der Waals surface area contributed by atoms with Crippen LogP contribution in [0.4, 0.5) is 0 Å². The number of hydrogen-bond acceptors (Lipinski definition) is 4. The maximum absolute atomic E-state index is 12.4. The number of aliphatic hydroxyl groups excluding tert-OH is 1. The van der Waals surface area contributed by atoms with Gasteiger partial charge in [-0.25, -0.2) is 13.1 Å². The van der Waals surface area contributed by atoms with Crippen molar-refractivity contribution in [2.45, 2.75) is 24.8 Å². The number of benzene rings is 2. The highest BCUT2D eigenvalue weighted by Crippen LogP contribution is 2.20. The molecule has 0 aliphatic carbocycles. The van der Waals surface area contributed by atoms with Crippen LogP contribution in [0, 0.1) is 13.8 Å². The molecule has 0 aliphatic heterocycles. The normalized spacial score (nSPS) is 12.9.